The van der Waals surface area contributed by atoms with Gasteiger partial charge in [-0.25, -0.2) is 8.70 Å². The number of rotatable bonds is 13. The van der Waals surface area contributed by atoms with Crippen LogP contribution < -0.4 is 9.62 Å². The lowest BCUT2D eigenvalue weighted by Crippen LogP contribution is -2.55. The fourth-order valence-corrected chi connectivity index (χ4v) is 5.42. The molecule has 0 heterocycles. The molecule has 2 atom stereocenters. The molecule has 11 heteroatoms. The van der Waals surface area contributed by atoms with Gasteiger partial charge in [-0.3, -0.25) is 9.59 Å². The molecule has 0 aromatic heterocycles. The molecule has 2 amide bonds. The van der Waals surface area contributed by atoms with Crippen molar-refractivity contribution in [3.8, 4) is 0 Å². The Morgan fingerprint density at radius 1 is 0.951 bits per heavy atom. The number of amides is 2. The molecular formula is C30H36ClFN4O4S. The topological polar surface area (TPSA) is 90.0 Å². The highest BCUT2D eigenvalue weighted by Crippen LogP contribution is 2.23. The minimum Gasteiger partial charge on any atom is -0.352 e. The number of carbonyl (C=O) groups excluding carboxylic acids is 2. The van der Waals surface area contributed by atoms with Crippen LogP contribution in [0.4, 0.5) is 10.1 Å². The average Bonchev–Trinajstić information content (AvgIpc) is 2.94. The fraction of sp³-hybridized carbons (Fsp3) is 0.333. The van der Waals surface area contributed by atoms with E-state index in [9.17, 15) is 22.4 Å². The van der Waals surface area contributed by atoms with Gasteiger partial charge in [0.25, 0.3) is 0 Å². The van der Waals surface area contributed by atoms with Crippen molar-refractivity contribution in [2.45, 2.75) is 45.3 Å². The summed E-state index contributed by atoms with van der Waals surface area (Å²) >= 11 is 6.23. The molecule has 0 unspecified atom stereocenters. The summed E-state index contributed by atoms with van der Waals surface area (Å²) in [6.45, 7) is 3.21. The smallest absolute Gasteiger partial charge is 0.304 e. The second-order valence-electron chi connectivity index (χ2n) is 9.95. The van der Waals surface area contributed by atoms with Crippen LogP contribution in [-0.2, 0) is 32.8 Å². The van der Waals surface area contributed by atoms with Gasteiger partial charge < -0.3 is 10.2 Å². The van der Waals surface area contributed by atoms with Gasteiger partial charge in [-0.2, -0.15) is 12.7 Å². The second kappa shape index (κ2) is 14.4. The zero-order valence-electron chi connectivity index (χ0n) is 23.6. The van der Waals surface area contributed by atoms with Gasteiger partial charge >= 0.3 is 10.2 Å². The van der Waals surface area contributed by atoms with Crippen molar-refractivity contribution in [3.63, 3.8) is 0 Å². The molecule has 8 nitrogen and oxygen atoms in total. The fourth-order valence-electron chi connectivity index (χ4n) is 4.15. The summed E-state index contributed by atoms with van der Waals surface area (Å²) in [7, 11) is -1.48. The number of nitrogens with one attached hydrogen (secondary N) is 1. The van der Waals surface area contributed by atoms with E-state index in [1.54, 1.807) is 24.3 Å². The van der Waals surface area contributed by atoms with Crippen LogP contribution in [0.1, 0.15) is 31.4 Å². The standard InChI is InChI=1S/C30H36ClFN4O4S/c1-5-22(2)33-30(38)28(19-23-10-7-6-8-11-23)35(20-24-12-9-13-25(31)18-24)29(37)21-36(41(39,40)34(3)4)27-16-14-26(32)15-17-27/h6-18,22,28H,5,19-21H2,1-4H3,(H,33,38)/t22-,28+/m1/s1. The van der Waals surface area contributed by atoms with Crippen LogP contribution >= 0.6 is 11.6 Å². The van der Waals surface area contributed by atoms with Gasteiger partial charge in [-0.1, -0.05) is 61.0 Å². The van der Waals surface area contributed by atoms with E-state index in [0.29, 0.717) is 17.0 Å². The van der Waals surface area contributed by atoms with Crippen molar-refractivity contribution in [1.29, 1.82) is 0 Å². The van der Waals surface area contributed by atoms with Crippen LogP contribution in [0.3, 0.4) is 0 Å². The van der Waals surface area contributed by atoms with E-state index in [0.717, 1.165) is 26.3 Å². The molecule has 1 N–H and O–H groups in total. The number of hydrogen-bond donors (Lipinski definition) is 1. The number of benzene rings is 3. The zero-order chi connectivity index (χ0) is 30.2. The van der Waals surface area contributed by atoms with Gasteiger partial charge in [0.1, 0.15) is 18.4 Å². The van der Waals surface area contributed by atoms with Crippen molar-refractivity contribution < 1.29 is 22.4 Å². The quantitative estimate of drug-likeness (QED) is 0.308. The van der Waals surface area contributed by atoms with Crippen LogP contribution in [0.5, 0.6) is 0 Å². The largest absolute Gasteiger partial charge is 0.352 e. The zero-order valence-corrected chi connectivity index (χ0v) is 25.2. The first-order valence-electron chi connectivity index (χ1n) is 13.3. The molecule has 0 fully saturated rings. The van der Waals surface area contributed by atoms with Gasteiger partial charge in [0.05, 0.1) is 5.69 Å². The number of nitrogens with zero attached hydrogens (tertiary/aromatic N) is 3. The number of hydrogen-bond acceptors (Lipinski definition) is 4. The molecule has 3 rings (SSSR count). The maximum Gasteiger partial charge on any atom is 0.304 e. The summed E-state index contributed by atoms with van der Waals surface area (Å²) in [6.07, 6.45) is 0.887. The van der Waals surface area contributed by atoms with Crippen molar-refractivity contribution in [3.05, 3.63) is 101 Å². The van der Waals surface area contributed by atoms with Crippen LogP contribution in [0.2, 0.25) is 5.02 Å². The lowest BCUT2D eigenvalue weighted by atomic mass is 10.0. The number of halogens is 2. The van der Waals surface area contributed by atoms with E-state index in [1.165, 1.54) is 31.1 Å². The maximum absolute atomic E-state index is 14.2. The van der Waals surface area contributed by atoms with E-state index >= 15 is 0 Å². The molecule has 0 radical (unpaired) electrons. The summed E-state index contributed by atoms with van der Waals surface area (Å²) in [6, 6.07) is 20.0. The third-order valence-corrected chi connectivity index (χ3v) is 8.70. The first kappa shape index (κ1) is 32.0. The Morgan fingerprint density at radius 2 is 1.59 bits per heavy atom. The van der Waals surface area contributed by atoms with Crippen LogP contribution in [0.25, 0.3) is 0 Å². The molecule has 3 aromatic rings. The highest BCUT2D eigenvalue weighted by molar-refractivity contribution is 7.90. The molecule has 0 aliphatic heterocycles. The SMILES string of the molecule is CC[C@@H](C)NC(=O)[C@H](Cc1ccccc1)N(Cc1cccc(Cl)c1)C(=O)CN(c1ccc(F)cc1)S(=O)(=O)N(C)C. The summed E-state index contributed by atoms with van der Waals surface area (Å²) in [5.41, 5.74) is 1.61. The highest BCUT2D eigenvalue weighted by Gasteiger charge is 2.35. The maximum atomic E-state index is 14.2. The van der Waals surface area contributed by atoms with E-state index in [4.69, 9.17) is 11.6 Å². The first-order valence-corrected chi connectivity index (χ1v) is 15.0. The van der Waals surface area contributed by atoms with Gasteiger partial charge in [0, 0.05) is 38.1 Å². The summed E-state index contributed by atoms with van der Waals surface area (Å²) < 4.78 is 42.3. The van der Waals surface area contributed by atoms with E-state index in [1.807, 2.05) is 44.2 Å². The summed E-state index contributed by atoms with van der Waals surface area (Å²) in [5, 5.41) is 3.44. The van der Waals surface area contributed by atoms with Crippen molar-refractivity contribution in [2.75, 3.05) is 24.9 Å². The first-order chi connectivity index (χ1) is 19.4. The molecule has 0 aliphatic rings. The molecule has 0 saturated carbocycles. The Hall–Kier alpha value is -3.47. The molecule has 220 valence electrons. The molecule has 0 bridgehead atoms. The highest BCUT2D eigenvalue weighted by atomic mass is 35.5. The Bertz CT molecular complexity index is 1420. The Balaban J connectivity index is 2.09. The predicted octanol–water partition coefficient (Wildman–Crippen LogP) is 4.65. The third kappa shape index (κ3) is 8.76. The Kier molecular flexibility index (Phi) is 11.3. The molecular weight excluding hydrogens is 567 g/mol. The second-order valence-corrected chi connectivity index (χ2v) is 12.5. The van der Waals surface area contributed by atoms with E-state index < -0.39 is 34.5 Å². The van der Waals surface area contributed by atoms with Crippen molar-refractivity contribution >= 4 is 39.3 Å². The molecule has 0 aliphatic carbocycles. The molecule has 3 aromatic carbocycles. The lowest BCUT2D eigenvalue weighted by Gasteiger charge is -2.35. The van der Waals surface area contributed by atoms with Gasteiger partial charge in [-0.15, -0.1) is 0 Å². The van der Waals surface area contributed by atoms with Gasteiger partial charge in [0.2, 0.25) is 11.8 Å². The minimum atomic E-state index is -4.17. The number of carbonyl (C=O) groups is 2. The number of anilines is 1. The average molecular weight is 603 g/mol. The Morgan fingerprint density at radius 3 is 2.17 bits per heavy atom. The van der Waals surface area contributed by atoms with Gasteiger partial charge in [-0.05, 0) is 60.9 Å². The molecule has 41 heavy (non-hydrogen) atoms. The minimum absolute atomic E-state index is 0.00406. The van der Waals surface area contributed by atoms with Crippen molar-refractivity contribution in [1.82, 2.24) is 14.5 Å². The molecule has 0 saturated heterocycles. The molecule has 0 spiro atoms. The Labute approximate surface area is 246 Å². The van der Waals surface area contributed by atoms with Crippen LogP contribution in [0, 0.1) is 5.82 Å². The van der Waals surface area contributed by atoms with Crippen molar-refractivity contribution in [2.24, 2.45) is 0 Å². The third-order valence-electron chi connectivity index (χ3n) is 6.65. The van der Waals surface area contributed by atoms with Gasteiger partial charge in [0.15, 0.2) is 0 Å². The van der Waals surface area contributed by atoms with Crippen LogP contribution in [0.15, 0.2) is 78.9 Å². The van der Waals surface area contributed by atoms with E-state index in [-0.39, 0.29) is 30.6 Å². The summed E-state index contributed by atoms with van der Waals surface area (Å²) in [5.74, 6) is -1.52. The van der Waals surface area contributed by atoms with Crippen LogP contribution in [-0.4, -0.2) is 62.2 Å². The monoisotopic (exact) mass is 602 g/mol. The lowest BCUT2D eigenvalue weighted by molar-refractivity contribution is -0.140. The normalized spacial score (nSPS) is 13.0. The predicted molar refractivity (Wildman–Crippen MR) is 160 cm³/mol. The van der Waals surface area contributed by atoms with E-state index in [2.05, 4.69) is 5.32 Å². The summed E-state index contributed by atoms with van der Waals surface area (Å²) in [4.78, 5) is 29.3.